The first kappa shape index (κ1) is 22.3. The van der Waals surface area contributed by atoms with Crippen LogP contribution in [0.5, 0.6) is 0 Å². The molecule has 0 N–H and O–H groups in total. The van der Waals surface area contributed by atoms with Crippen LogP contribution in [-0.4, -0.2) is 15.8 Å². The van der Waals surface area contributed by atoms with Gasteiger partial charge in [0.2, 0.25) is 5.78 Å². The van der Waals surface area contributed by atoms with E-state index in [2.05, 4.69) is 29.0 Å². The zero-order valence-corrected chi connectivity index (χ0v) is 17.5. The number of rotatable bonds is 16. The Bertz CT molecular complexity index is 672. The fourth-order valence-electron chi connectivity index (χ4n) is 3.35. The van der Waals surface area contributed by atoms with Crippen molar-refractivity contribution in [3.63, 3.8) is 0 Å². The molecule has 4 nitrogen and oxygen atoms in total. The van der Waals surface area contributed by atoms with Crippen LogP contribution in [0.1, 0.15) is 108 Å². The molecule has 4 heteroatoms. The Morgan fingerprint density at radius 2 is 1.57 bits per heavy atom. The summed E-state index contributed by atoms with van der Waals surface area (Å²) in [6.45, 7) is 2.26. The first-order valence-electron chi connectivity index (χ1n) is 11.2. The molecule has 28 heavy (non-hydrogen) atoms. The summed E-state index contributed by atoms with van der Waals surface area (Å²) >= 11 is 0. The molecule has 0 aliphatic rings. The van der Waals surface area contributed by atoms with Gasteiger partial charge in [-0.3, -0.25) is 4.79 Å². The van der Waals surface area contributed by atoms with Crippen LogP contribution in [0, 0.1) is 0 Å². The van der Waals surface area contributed by atoms with Gasteiger partial charge in [0, 0.05) is 12.6 Å². The molecule has 0 saturated heterocycles. The normalized spacial score (nSPS) is 11.6. The van der Waals surface area contributed by atoms with E-state index in [9.17, 15) is 4.79 Å². The standard InChI is InChI=1S/C24H36N2O2/c1-2-3-4-5-6-7-8-9-10-11-12-13-14-15-16-18-21(27)24-26-23-22(28-24)19-17-20-25-23/h9-10,17,19-20H,2-8,11-16,18H2,1H3/b10-9+. The Balaban J connectivity index is 1.42. The van der Waals surface area contributed by atoms with Gasteiger partial charge >= 0.3 is 0 Å². The van der Waals surface area contributed by atoms with Crippen molar-refractivity contribution < 1.29 is 9.21 Å². The number of aromatic nitrogens is 2. The summed E-state index contributed by atoms with van der Waals surface area (Å²) in [6, 6.07) is 3.57. The van der Waals surface area contributed by atoms with Crippen LogP contribution >= 0.6 is 0 Å². The predicted octanol–water partition coefficient (Wildman–Crippen LogP) is 7.44. The second kappa shape index (κ2) is 14.1. The highest BCUT2D eigenvalue weighted by molar-refractivity contribution is 5.93. The quantitative estimate of drug-likeness (QED) is 0.171. The number of allylic oxidation sites excluding steroid dienone is 2. The van der Waals surface area contributed by atoms with E-state index in [1.54, 1.807) is 18.3 Å². The molecule has 2 heterocycles. The van der Waals surface area contributed by atoms with E-state index >= 15 is 0 Å². The van der Waals surface area contributed by atoms with Gasteiger partial charge in [-0.25, -0.2) is 4.98 Å². The average Bonchev–Trinajstić information content (AvgIpc) is 3.15. The molecule has 0 unspecified atom stereocenters. The minimum absolute atomic E-state index is 0.0179. The molecule has 0 spiro atoms. The SMILES string of the molecule is CCCCCCCC/C=C/CCCCCCCC(=O)c1nc2ncccc2o1. The third-order valence-electron chi connectivity index (χ3n) is 5.07. The molecule has 0 saturated carbocycles. The van der Waals surface area contributed by atoms with E-state index in [1.165, 1.54) is 70.6 Å². The van der Waals surface area contributed by atoms with Gasteiger partial charge in [-0.2, -0.15) is 4.98 Å². The number of ketones is 1. The minimum Gasteiger partial charge on any atom is -0.432 e. The maximum Gasteiger partial charge on any atom is 0.265 e. The van der Waals surface area contributed by atoms with Crippen LogP contribution < -0.4 is 0 Å². The molecule has 2 aromatic heterocycles. The maximum atomic E-state index is 12.2. The van der Waals surface area contributed by atoms with Crippen molar-refractivity contribution in [2.45, 2.75) is 96.8 Å². The maximum absolute atomic E-state index is 12.2. The van der Waals surface area contributed by atoms with Crippen molar-refractivity contribution in [3.05, 3.63) is 36.4 Å². The molecule has 0 aliphatic heterocycles. The smallest absolute Gasteiger partial charge is 0.265 e. The first-order valence-corrected chi connectivity index (χ1v) is 11.2. The first-order chi connectivity index (χ1) is 13.8. The van der Waals surface area contributed by atoms with Crippen molar-refractivity contribution in [2.75, 3.05) is 0 Å². The molecule has 0 radical (unpaired) electrons. The number of unbranched alkanes of at least 4 members (excludes halogenated alkanes) is 11. The van der Waals surface area contributed by atoms with Gasteiger partial charge < -0.3 is 4.42 Å². The highest BCUT2D eigenvalue weighted by Gasteiger charge is 2.14. The van der Waals surface area contributed by atoms with Crippen molar-refractivity contribution >= 4 is 17.0 Å². The molecule has 0 aliphatic carbocycles. The van der Waals surface area contributed by atoms with Gasteiger partial charge in [0.05, 0.1) is 0 Å². The van der Waals surface area contributed by atoms with E-state index in [1.807, 2.05) is 0 Å². The Labute approximate surface area is 169 Å². The van der Waals surface area contributed by atoms with E-state index in [0.717, 1.165) is 12.8 Å². The molecule has 2 aromatic rings. The fourth-order valence-corrected chi connectivity index (χ4v) is 3.35. The van der Waals surface area contributed by atoms with Gasteiger partial charge in [0.15, 0.2) is 11.2 Å². The van der Waals surface area contributed by atoms with E-state index in [0.29, 0.717) is 17.7 Å². The zero-order chi connectivity index (χ0) is 19.9. The number of fused-ring (bicyclic) bond motifs is 1. The monoisotopic (exact) mass is 384 g/mol. The summed E-state index contributed by atoms with van der Waals surface area (Å²) in [6.07, 6.45) is 23.2. The van der Waals surface area contributed by atoms with Crippen LogP contribution in [-0.2, 0) is 0 Å². The lowest BCUT2D eigenvalue weighted by atomic mass is 10.1. The highest BCUT2D eigenvalue weighted by Crippen LogP contribution is 2.16. The topological polar surface area (TPSA) is 56.0 Å². The summed E-state index contributed by atoms with van der Waals surface area (Å²) in [5.41, 5.74) is 1.09. The average molecular weight is 385 g/mol. The van der Waals surface area contributed by atoms with Crippen molar-refractivity contribution in [1.82, 2.24) is 9.97 Å². The molecular weight excluding hydrogens is 348 g/mol. The van der Waals surface area contributed by atoms with Crippen molar-refractivity contribution in [1.29, 1.82) is 0 Å². The second-order valence-corrected chi connectivity index (χ2v) is 7.60. The molecule has 2 rings (SSSR count). The lowest BCUT2D eigenvalue weighted by molar-refractivity contribution is 0.0947. The molecule has 0 amide bonds. The number of hydrogen-bond donors (Lipinski definition) is 0. The molecule has 0 atom stereocenters. The summed E-state index contributed by atoms with van der Waals surface area (Å²) in [5.74, 6) is 0.180. The second-order valence-electron chi connectivity index (χ2n) is 7.60. The Kier molecular flexibility index (Phi) is 11.2. The predicted molar refractivity (Wildman–Crippen MR) is 116 cm³/mol. The number of oxazole rings is 1. The number of pyridine rings is 1. The van der Waals surface area contributed by atoms with Crippen molar-refractivity contribution in [2.24, 2.45) is 0 Å². The lowest BCUT2D eigenvalue weighted by Crippen LogP contribution is -1.99. The van der Waals surface area contributed by atoms with Crippen LogP contribution in [0.15, 0.2) is 34.9 Å². The van der Waals surface area contributed by atoms with E-state index in [4.69, 9.17) is 4.42 Å². The number of carbonyl (C=O) groups excluding carboxylic acids is 1. The number of nitrogens with zero attached hydrogens (tertiary/aromatic N) is 2. The minimum atomic E-state index is -0.0179. The van der Waals surface area contributed by atoms with Gasteiger partial charge in [-0.15, -0.1) is 0 Å². The fraction of sp³-hybridized carbons (Fsp3) is 0.625. The Hall–Kier alpha value is -1.97. The summed E-state index contributed by atoms with van der Waals surface area (Å²) in [4.78, 5) is 20.4. The number of carbonyl (C=O) groups is 1. The van der Waals surface area contributed by atoms with Gasteiger partial charge in [-0.1, -0.05) is 70.4 Å². The summed E-state index contributed by atoms with van der Waals surface area (Å²) in [7, 11) is 0. The highest BCUT2D eigenvalue weighted by atomic mass is 16.4. The summed E-state index contributed by atoms with van der Waals surface area (Å²) in [5, 5.41) is 0. The number of hydrogen-bond acceptors (Lipinski definition) is 4. The van der Waals surface area contributed by atoms with Crippen molar-refractivity contribution in [3.8, 4) is 0 Å². The molecular formula is C24H36N2O2. The summed E-state index contributed by atoms with van der Waals surface area (Å²) < 4.78 is 5.47. The van der Waals surface area contributed by atoms with Gasteiger partial charge in [-0.05, 0) is 44.2 Å². The third kappa shape index (κ3) is 8.81. The van der Waals surface area contributed by atoms with Crippen LogP contribution in [0.4, 0.5) is 0 Å². The lowest BCUT2D eigenvalue weighted by Gasteiger charge is -2.00. The van der Waals surface area contributed by atoms with Crippen LogP contribution in [0.25, 0.3) is 11.2 Å². The molecule has 0 aromatic carbocycles. The van der Waals surface area contributed by atoms with Gasteiger partial charge in [0.1, 0.15) is 0 Å². The number of Topliss-reactive ketones (excluding diaryl/α,β-unsaturated/α-hetero) is 1. The Morgan fingerprint density at radius 3 is 2.25 bits per heavy atom. The van der Waals surface area contributed by atoms with E-state index < -0.39 is 0 Å². The van der Waals surface area contributed by atoms with Crippen LogP contribution in [0.3, 0.4) is 0 Å². The Morgan fingerprint density at radius 1 is 0.929 bits per heavy atom. The third-order valence-corrected chi connectivity index (χ3v) is 5.07. The van der Waals surface area contributed by atoms with E-state index in [-0.39, 0.29) is 11.7 Å². The van der Waals surface area contributed by atoms with Gasteiger partial charge in [0.25, 0.3) is 5.89 Å². The molecule has 0 bridgehead atoms. The molecule has 0 fully saturated rings. The molecule has 154 valence electrons. The van der Waals surface area contributed by atoms with Crippen LogP contribution in [0.2, 0.25) is 0 Å². The largest absolute Gasteiger partial charge is 0.432 e. The zero-order valence-electron chi connectivity index (χ0n) is 17.5.